The van der Waals surface area contributed by atoms with Gasteiger partial charge in [0.05, 0.1) is 18.9 Å². The molecule has 1 aromatic rings. The van der Waals surface area contributed by atoms with Crippen molar-refractivity contribution in [1.29, 1.82) is 0 Å². The van der Waals surface area contributed by atoms with E-state index in [0.29, 0.717) is 5.92 Å². The summed E-state index contributed by atoms with van der Waals surface area (Å²) in [6.07, 6.45) is 3.30. The average Bonchev–Trinajstić information content (AvgIpc) is 2.93. The van der Waals surface area contributed by atoms with E-state index in [4.69, 9.17) is 4.74 Å². The van der Waals surface area contributed by atoms with Gasteiger partial charge in [-0.25, -0.2) is 0 Å². The molecule has 116 valence electrons. The maximum Gasteiger partial charge on any atom is 0.142 e. The summed E-state index contributed by atoms with van der Waals surface area (Å²) in [5.74, 6) is 1.44. The molecule has 2 atom stereocenters. The highest BCUT2D eigenvalue weighted by molar-refractivity contribution is 5.58. The first-order valence-corrected chi connectivity index (χ1v) is 8.06. The van der Waals surface area contributed by atoms with Crippen LogP contribution in [0.4, 0.5) is 5.69 Å². The Kier molecular flexibility index (Phi) is 4.66. The smallest absolute Gasteiger partial charge is 0.142 e. The van der Waals surface area contributed by atoms with Crippen LogP contribution < -0.4 is 9.64 Å². The third kappa shape index (κ3) is 3.33. The third-order valence-corrected chi connectivity index (χ3v) is 4.91. The number of piperazine rings is 1. The Balaban J connectivity index is 1.55. The number of ether oxygens (including phenoxy) is 1. The number of para-hydroxylation sites is 2. The van der Waals surface area contributed by atoms with Crippen LogP contribution in [0, 0.1) is 5.92 Å². The molecule has 0 radical (unpaired) electrons. The lowest BCUT2D eigenvalue weighted by atomic mass is 10.0. The van der Waals surface area contributed by atoms with Crippen LogP contribution in [-0.2, 0) is 0 Å². The minimum atomic E-state index is -0.0720. The number of rotatable bonds is 4. The lowest BCUT2D eigenvalue weighted by molar-refractivity contribution is 0.0997. The maximum absolute atomic E-state index is 9.96. The fourth-order valence-electron chi connectivity index (χ4n) is 3.62. The predicted molar refractivity (Wildman–Crippen MR) is 85.0 cm³/mol. The third-order valence-electron chi connectivity index (χ3n) is 4.91. The average molecular weight is 290 g/mol. The van der Waals surface area contributed by atoms with Crippen molar-refractivity contribution in [3.8, 4) is 5.75 Å². The van der Waals surface area contributed by atoms with E-state index in [1.807, 2.05) is 12.1 Å². The van der Waals surface area contributed by atoms with Gasteiger partial charge in [0, 0.05) is 32.7 Å². The second-order valence-electron chi connectivity index (χ2n) is 6.22. The summed E-state index contributed by atoms with van der Waals surface area (Å²) in [5, 5.41) is 9.96. The molecule has 0 aromatic heterocycles. The van der Waals surface area contributed by atoms with Crippen molar-refractivity contribution in [2.75, 3.05) is 44.7 Å². The quantitative estimate of drug-likeness (QED) is 0.920. The predicted octanol–water partition coefficient (Wildman–Crippen LogP) is 1.98. The van der Waals surface area contributed by atoms with E-state index >= 15 is 0 Å². The molecule has 1 heterocycles. The van der Waals surface area contributed by atoms with Crippen molar-refractivity contribution in [2.24, 2.45) is 5.92 Å². The van der Waals surface area contributed by atoms with E-state index in [1.54, 1.807) is 7.11 Å². The number of aliphatic hydroxyl groups excluding tert-OH is 1. The summed E-state index contributed by atoms with van der Waals surface area (Å²) in [5.41, 5.74) is 1.19. The first-order chi connectivity index (χ1) is 10.3. The molecule has 4 heteroatoms. The van der Waals surface area contributed by atoms with E-state index in [0.717, 1.165) is 44.9 Å². The van der Waals surface area contributed by atoms with E-state index in [1.165, 1.54) is 18.5 Å². The van der Waals surface area contributed by atoms with E-state index in [9.17, 15) is 5.11 Å². The van der Waals surface area contributed by atoms with Crippen molar-refractivity contribution < 1.29 is 9.84 Å². The molecular formula is C17H26N2O2. The monoisotopic (exact) mass is 290 g/mol. The minimum Gasteiger partial charge on any atom is -0.495 e. The molecule has 0 amide bonds. The summed E-state index contributed by atoms with van der Waals surface area (Å²) >= 11 is 0. The second kappa shape index (κ2) is 6.67. The molecular weight excluding hydrogens is 264 g/mol. The molecule has 1 aromatic carbocycles. The Labute approximate surface area is 127 Å². The molecule has 0 spiro atoms. The number of hydrogen-bond donors (Lipinski definition) is 1. The minimum absolute atomic E-state index is 0.0720. The van der Waals surface area contributed by atoms with Crippen LogP contribution in [0.15, 0.2) is 24.3 Å². The number of anilines is 1. The van der Waals surface area contributed by atoms with Crippen molar-refractivity contribution >= 4 is 5.69 Å². The van der Waals surface area contributed by atoms with Crippen molar-refractivity contribution in [3.63, 3.8) is 0 Å². The van der Waals surface area contributed by atoms with Crippen molar-refractivity contribution in [1.82, 2.24) is 4.90 Å². The summed E-state index contributed by atoms with van der Waals surface area (Å²) in [6, 6.07) is 8.24. The number of methoxy groups -OCH3 is 1. The highest BCUT2D eigenvalue weighted by Gasteiger charge is 2.28. The Morgan fingerprint density at radius 3 is 2.57 bits per heavy atom. The summed E-state index contributed by atoms with van der Waals surface area (Å²) in [6.45, 7) is 5.26. The Bertz CT molecular complexity index is 458. The highest BCUT2D eigenvalue weighted by Crippen LogP contribution is 2.30. The zero-order valence-electron chi connectivity index (χ0n) is 12.9. The number of nitrogens with zero attached hydrogens (tertiary/aromatic N) is 2. The Morgan fingerprint density at radius 2 is 1.90 bits per heavy atom. The van der Waals surface area contributed by atoms with E-state index < -0.39 is 0 Å². The zero-order chi connectivity index (χ0) is 14.7. The van der Waals surface area contributed by atoms with Crippen LogP contribution in [0.25, 0.3) is 0 Å². The van der Waals surface area contributed by atoms with Gasteiger partial charge in [0.15, 0.2) is 0 Å². The molecule has 4 nitrogen and oxygen atoms in total. The van der Waals surface area contributed by atoms with Gasteiger partial charge in [-0.3, -0.25) is 4.90 Å². The second-order valence-corrected chi connectivity index (χ2v) is 6.22. The van der Waals surface area contributed by atoms with Gasteiger partial charge < -0.3 is 14.7 Å². The topological polar surface area (TPSA) is 35.9 Å². The largest absolute Gasteiger partial charge is 0.495 e. The molecule has 3 rings (SSSR count). The summed E-state index contributed by atoms with van der Waals surface area (Å²) < 4.78 is 5.46. The fourth-order valence-corrected chi connectivity index (χ4v) is 3.62. The van der Waals surface area contributed by atoms with E-state index in [2.05, 4.69) is 21.9 Å². The molecule has 1 N–H and O–H groups in total. The molecule has 1 aliphatic heterocycles. The maximum atomic E-state index is 9.96. The van der Waals surface area contributed by atoms with Crippen LogP contribution in [0.1, 0.15) is 19.3 Å². The van der Waals surface area contributed by atoms with Crippen LogP contribution in [0.5, 0.6) is 5.75 Å². The van der Waals surface area contributed by atoms with Crippen LogP contribution >= 0.6 is 0 Å². The number of hydrogen-bond acceptors (Lipinski definition) is 4. The first kappa shape index (κ1) is 14.7. The standard InChI is InChI=1S/C17H26N2O2/c1-21-17-8-3-2-6-15(17)19-11-9-18(10-12-19)13-14-5-4-7-16(14)20/h2-3,6,8,14,16,20H,4-5,7,9-13H2,1H3. The van der Waals surface area contributed by atoms with Gasteiger partial charge in [-0.2, -0.15) is 0 Å². The zero-order valence-corrected chi connectivity index (χ0v) is 12.9. The van der Waals surface area contributed by atoms with Gasteiger partial charge in [-0.15, -0.1) is 0 Å². The molecule has 2 aliphatic rings. The molecule has 1 saturated carbocycles. The molecule has 2 fully saturated rings. The number of benzene rings is 1. The molecule has 1 saturated heterocycles. The highest BCUT2D eigenvalue weighted by atomic mass is 16.5. The van der Waals surface area contributed by atoms with E-state index in [-0.39, 0.29) is 6.10 Å². The van der Waals surface area contributed by atoms with Gasteiger partial charge >= 0.3 is 0 Å². The van der Waals surface area contributed by atoms with Gasteiger partial charge in [0.1, 0.15) is 5.75 Å². The van der Waals surface area contributed by atoms with Gasteiger partial charge in [0.25, 0.3) is 0 Å². The fraction of sp³-hybridized carbons (Fsp3) is 0.647. The first-order valence-electron chi connectivity index (χ1n) is 8.06. The van der Waals surface area contributed by atoms with Gasteiger partial charge in [-0.05, 0) is 30.9 Å². The van der Waals surface area contributed by atoms with Crippen LogP contribution in [-0.4, -0.2) is 55.9 Å². The van der Waals surface area contributed by atoms with Gasteiger partial charge in [-0.1, -0.05) is 18.6 Å². The lowest BCUT2D eigenvalue weighted by Gasteiger charge is -2.38. The van der Waals surface area contributed by atoms with Crippen molar-refractivity contribution in [2.45, 2.75) is 25.4 Å². The Hall–Kier alpha value is -1.26. The Morgan fingerprint density at radius 1 is 1.14 bits per heavy atom. The number of aliphatic hydroxyl groups is 1. The van der Waals surface area contributed by atoms with Crippen molar-refractivity contribution in [3.05, 3.63) is 24.3 Å². The van der Waals surface area contributed by atoms with Gasteiger partial charge in [0.2, 0.25) is 0 Å². The molecule has 1 aliphatic carbocycles. The van der Waals surface area contributed by atoms with Crippen LogP contribution in [0.2, 0.25) is 0 Å². The molecule has 0 bridgehead atoms. The lowest BCUT2D eigenvalue weighted by Crippen LogP contribution is -2.48. The molecule has 21 heavy (non-hydrogen) atoms. The normalized spacial score (nSPS) is 27.0. The summed E-state index contributed by atoms with van der Waals surface area (Å²) in [4.78, 5) is 4.91. The summed E-state index contributed by atoms with van der Waals surface area (Å²) in [7, 11) is 1.73. The molecule has 2 unspecified atom stereocenters. The van der Waals surface area contributed by atoms with Crippen LogP contribution in [0.3, 0.4) is 0 Å². The SMILES string of the molecule is COc1ccccc1N1CCN(CC2CCCC2O)CC1.